The predicted octanol–water partition coefficient (Wildman–Crippen LogP) is 13.1. The second-order valence-corrected chi connectivity index (χ2v) is 13.4. The Morgan fingerprint density at radius 3 is 1.31 bits per heavy atom. The monoisotopic (exact) mass is 650 g/mol. The Kier molecular flexibility index (Phi) is 5.96. The van der Waals surface area contributed by atoms with Gasteiger partial charge < -0.3 is 13.6 Å². The van der Waals surface area contributed by atoms with Crippen molar-refractivity contribution in [3.8, 4) is 33.6 Å². The van der Waals surface area contributed by atoms with Crippen LogP contribution in [-0.4, -0.2) is 9.13 Å². The van der Waals surface area contributed by atoms with Crippen molar-refractivity contribution in [1.82, 2.24) is 9.13 Å². The van der Waals surface area contributed by atoms with E-state index in [9.17, 15) is 0 Å². The number of nitrogens with zero attached hydrogens (tertiary/aromatic N) is 2. The maximum Gasteiger partial charge on any atom is 0.135 e. The molecule has 0 fully saturated rings. The third-order valence-corrected chi connectivity index (χ3v) is 10.5. The normalized spacial score (nSPS) is 11.9. The minimum atomic E-state index is 0.915. The van der Waals surface area contributed by atoms with Crippen LogP contribution in [0.2, 0.25) is 0 Å². The van der Waals surface area contributed by atoms with Crippen molar-refractivity contribution in [3.05, 3.63) is 182 Å². The third-order valence-electron chi connectivity index (χ3n) is 10.5. The van der Waals surface area contributed by atoms with Crippen LogP contribution in [0.5, 0.6) is 0 Å². The second kappa shape index (κ2) is 10.8. The van der Waals surface area contributed by atoms with Gasteiger partial charge in [-0.1, -0.05) is 109 Å². The van der Waals surface area contributed by atoms with E-state index in [0.717, 1.165) is 33.3 Å². The van der Waals surface area contributed by atoms with Gasteiger partial charge in [0, 0.05) is 43.7 Å². The highest BCUT2D eigenvalue weighted by atomic mass is 16.3. The second-order valence-electron chi connectivity index (χ2n) is 13.4. The molecule has 3 aromatic heterocycles. The van der Waals surface area contributed by atoms with Crippen molar-refractivity contribution in [2.24, 2.45) is 0 Å². The summed E-state index contributed by atoms with van der Waals surface area (Å²) >= 11 is 0. The summed E-state index contributed by atoms with van der Waals surface area (Å²) in [5, 5.41) is 7.30. The molecule has 0 N–H and O–H groups in total. The van der Waals surface area contributed by atoms with Crippen molar-refractivity contribution < 1.29 is 4.42 Å². The molecule has 0 atom stereocenters. The molecule has 51 heavy (non-hydrogen) atoms. The van der Waals surface area contributed by atoms with Crippen molar-refractivity contribution in [1.29, 1.82) is 0 Å². The molecule has 11 rings (SSSR count). The first kappa shape index (κ1) is 28.0. The van der Waals surface area contributed by atoms with Crippen molar-refractivity contribution in [2.45, 2.75) is 0 Å². The molecule has 0 spiro atoms. The summed E-state index contributed by atoms with van der Waals surface area (Å²) in [6, 6.07) is 65.6. The standard InChI is InChI=1S/C48H30N2O/c1-5-19-43-37(15-1)38-16-2-6-20-44(38)49(43)35-13-9-11-31(27-35)32-12-10-14-36(28-32)50-45-21-7-3-17-39(45)41-29-33(23-25-46(41)50)34-24-26-48-42(30-34)40-18-4-8-22-47(40)51-48/h1-30H. The van der Waals surface area contributed by atoms with Gasteiger partial charge in [-0.05, 0) is 95.1 Å². The van der Waals surface area contributed by atoms with Crippen LogP contribution in [0.1, 0.15) is 0 Å². The van der Waals surface area contributed by atoms with Gasteiger partial charge in [-0.25, -0.2) is 0 Å². The van der Waals surface area contributed by atoms with Crippen molar-refractivity contribution in [3.63, 3.8) is 0 Å². The molecular formula is C48H30N2O. The summed E-state index contributed by atoms with van der Waals surface area (Å²) in [5.74, 6) is 0. The van der Waals surface area contributed by atoms with Gasteiger partial charge in [0.15, 0.2) is 0 Å². The molecule has 238 valence electrons. The molecule has 0 aliphatic rings. The van der Waals surface area contributed by atoms with Gasteiger partial charge in [-0.3, -0.25) is 0 Å². The fourth-order valence-electron chi connectivity index (χ4n) is 8.19. The van der Waals surface area contributed by atoms with E-state index < -0.39 is 0 Å². The van der Waals surface area contributed by atoms with Crippen LogP contribution < -0.4 is 0 Å². The first-order valence-corrected chi connectivity index (χ1v) is 17.4. The van der Waals surface area contributed by atoms with Gasteiger partial charge in [-0.2, -0.15) is 0 Å². The molecule has 0 saturated carbocycles. The number of para-hydroxylation sites is 4. The molecule has 3 nitrogen and oxygen atoms in total. The van der Waals surface area contributed by atoms with Crippen molar-refractivity contribution in [2.75, 3.05) is 0 Å². The fraction of sp³-hybridized carbons (Fsp3) is 0. The third kappa shape index (κ3) is 4.25. The molecule has 8 aromatic carbocycles. The first-order valence-electron chi connectivity index (χ1n) is 17.4. The van der Waals surface area contributed by atoms with Gasteiger partial charge in [0.05, 0.1) is 22.1 Å². The predicted molar refractivity (Wildman–Crippen MR) is 213 cm³/mol. The summed E-state index contributed by atoms with van der Waals surface area (Å²) in [4.78, 5) is 0. The van der Waals surface area contributed by atoms with Crippen LogP contribution in [0, 0.1) is 0 Å². The highest BCUT2D eigenvalue weighted by Crippen LogP contribution is 2.38. The lowest BCUT2D eigenvalue weighted by Crippen LogP contribution is -1.96. The fourth-order valence-corrected chi connectivity index (χ4v) is 8.19. The summed E-state index contributed by atoms with van der Waals surface area (Å²) in [5.41, 5.74) is 13.7. The Balaban J connectivity index is 1.04. The largest absolute Gasteiger partial charge is 0.456 e. The van der Waals surface area contributed by atoms with Crippen LogP contribution >= 0.6 is 0 Å². The van der Waals surface area contributed by atoms with E-state index in [0.29, 0.717) is 0 Å². The van der Waals surface area contributed by atoms with Gasteiger partial charge in [0.1, 0.15) is 11.2 Å². The minimum absolute atomic E-state index is 0.915. The Labute approximate surface area is 293 Å². The molecule has 0 bridgehead atoms. The first-order chi connectivity index (χ1) is 25.3. The topological polar surface area (TPSA) is 23.0 Å². The molecule has 0 aliphatic carbocycles. The molecule has 0 amide bonds. The average molecular weight is 651 g/mol. The smallest absolute Gasteiger partial charge is 0.135 e. The van der Waals surface area contributed by atoms with E-state index >= 15 is 0 Å². The summed E-state index contributed by atoms with van der Waals surface area (Å²) in [7, 11) is 0. The lowest BCUT2D eigenvalue weighted by Gasteiger charge is -2.13. The Morgan fingerprint density at radius 1 is 0.275 bits per heavy atom. The zero-order valence-corrected chi connectivity index (χ0v) is 27.6. The quantitative estimate of drug-likeness (QED) is 0.186. The summed E-state index contributed by atoms with van der Waals surface area (Å²) in [6.45, 7) is 0. The lowest BCUT2D eigenvalue weighted by atomic mass is 10.0. The van der Waals surface area contributed by atoms with Crippen LogP contribution in [0.4, 0.5) is 0 Å². The van der Waals surface area contributed by atoms with E-state index in [4.69, 9.17) is 4.42 Å². The molecule has 3 heterocycles. The number of furan rings is 1. The number of fused-ring (bicyclic) bond motifs is 9. The van der Waals surface area contributed by atoms with E-state index in [2.05, 4.69) is 179 Å². The van der Waals surface area contributed by atoms with E-state index in [1.807, 2.05) is 12.1 Å². The number of benzene rings is 8. The molecule has 0 saturated heterocycles. The number of rotatable bonds is 4. The van der Waals surface area contributed by atoms with Crippen molar-refractivity contribution >= 4 is 65.6 Å². The Hall–Kier alpha value is -6.84. The van der Waals surface area contributed by atoms with E-state index in [1.165, 1.54) is 65.9 Å². The van der Waals surface area contributed by atoms with Crippen LogP contribution in [0.25, 0.3) is 99.2 Å². The maximum absolute atomic E-state index is 6.12. The molecule has 0 radical (unpaired) electrons. The average Bonchev–Trinajstić information content (AvgIpc) is 3.85. The van der Waals surface area contributed by atoms with E-state index in [-0.39, 0.29) is 0 Å². The Bertz CT molecular complexity index is 3100. The minimum Gasteiger partial charge on any atom is -0.456 e. The summed E-state index contributed by atoms with van der Waals surface area (Å²) < 4.78 is 10.9. The lowest BCUT2D eigenvalue weighted by molar-refractivity contribution is 0.669. The zero-order chi connectivity index (χ0) is 33.5. The number of aromatic nitrogens is 2. The van der Waals surface area contributed by atoms with Gasteiger partial charge in [0.25, 0.3) is 0 Å². The van der Waals surface area contributed by atoms with Gasteiger partial charge in [-0.15, -0.1) is 0 Å². The number of hydrogen-bond donors (Lipinski definition) is 0. The molecule has 0 unspecified atom stereocenters. The highest BCUT2D eigenvalue weighted by Gasteiger charge is 2.16. The SMILES string of the molecule is c1cc(-c2cccc(-n3c4ccccc4c4cc(-c5ccc6oc7ccccc7c6c5)ccc43)c2)cc(-n2c3ccccc3c3ccccc32)c1. The maximum atomic E-state index is 6.12. The molecule has 11 aromatic rings. The zero-order valence-electron chi connectivity index (χ0n) is 27.6. The summed E-state index contributed by atoms with van der Waals surface area (Å²) in [6.07, 6.45) is 0. The molecular weight excluding hydrogens is 621 g/mol. The van der Waals surface area contributed by atoms with Gasteiger partial charge >= 0.3 is 0 Å². The number of hydrogen-bond acceptors (Lipinski definition) is 1. The van der Waals surface area contributed by atoms with Crippen LogP contribution in [-0.2, 0) is 0 Å². The molecule has 0 aliphatic heterocycles. The molecule has 3 heteroatoms. The van der Waals surface area contributed by atoms with E-state index in [1.54, 1.807) is 0 Å². The highest BCUT2D eigenvalue weighted by molar-refractivity contribution is 6.12. The Morgan fingerprint density at radius 2 is 0.706 bits per heavy atom. The van der Waals surface area contributed by atoms with Crippen LogP contribution in [0.3, 0.4) is 0 Å². The van der Waals surface area contributed by atoms with Crippen LogP contribution in [0.15, 0.2) is 186 Å². The van der Waals surface area contributed by atoms with Gasteiger partial charge in [0.2, 0.25) is 0 Å².